The summed E-state index contributed by atoms with van der Waals surface area (Å²) in [6.45, 7) is 1.93. The minimum atomic E-state index is -0.976. The topological polar surface area (TPSA) is 43.1 Å². The van der Waals surface area contributed by atoms with Gasteiger partial charge in [0.15, 0.2) is 0 Å². The van der Waals surface area contributed by atoms with Crippen molar-refractivity contribution in [1.29, 1.82) is 0 Å². The lowest BCUT2D eigenvalue weighted by Gasteiger charge is -2.04. The standard InChI is InChI=1S/C12H13NOS2/c1-9-7-11(4-5-12(9)13)16(14)8-10-3-2-6-15-10/h2-7H,8,13H2,1H3. The van der Waals surface area contributed by atoms with Gasteiger partial charge in [-0.25, -0.2) is 0 Å². The molecule has 0 aliphatic carbocycles. The van der Waals surface area contributed by atoms with Crippen LogP contribution in [-0.2, 0) is 16.6 Å². The summed E-state index contributed by atoms with van der Waals surface area (Å²) in [5.74, 6) is 0.584. The van der Waals surface area contributed by atoms with E-state index >= 15 is 0 Å². The molecule has 2 rings (SSSR count). The van der Waals surface area contributed by atoms with E-state index in [4.69, 9.17) is 5.73 Å². The Balaban J connectivity index is 2.18. The number of hydrogen-bond acceptors (Lipinski definition) is 3. The highest BCUT2D eigenvalue weighted by Crippen LogP contribution is 2.19. The van der Waals surface area contributed by atoms with Crippen LogP contribution >= 0.6 is 11.3 Å². The van der Waals surface area contributed by atoms with Crippen molar-refractivity contribution in [3.05, 3.63) is 46.2 Å². The van der Waals surface area contributed by atoms with Gasteiger partial charge in [0.25, 0.3) is 0 Å². The van der Waals surface area contributed by atoms with Gasteiger partial charge in [-0.3, -0.25) is 4.21 Å². The molecular weight excluding hydrogens is 238 g/mol. The molecule has 16 heavy (non-hydrogen) atoms. The quantitative estimate of drug-likeness (QED) is 0.852. The van der Waals surface area contributed by atoms with Gasteiger partial charge in [-0.2, -0.15) is 0 Å². The Hall–Kier alpha value is -1.13. The lowest BCUT2D eigenvalue weighted by Crippen LogP contribution is -1.97. The lowest BCUT2D eigenvalue weighted by atomic mass is 10.2. The zero-order chi connectivity index (χ0) is 11.5. The van der Waals surface area contributed by atoms with Crippen molar-refractivity contribution in [3.63, 3.8) is 0 Å². The van der Waals surface area contributed by atoms with Gasteiger partial charge in [0.1, 0.15) is 0 Å². The average molecular weight is 251 g/mol. The van der Waals surface area contributed by atoms with Crippen molar-refractivity contribution in [2.75, 3.05) is 5.73 Å². The molecule has 0 saturated heterocycles. The largest absolute Gasteiger partial charge is 0.399 e. The van der Waals surface area contributed by atoms with E-state index in [1.54, 1.807) is 11.3 Å². The molecule has 0 radical (unpaired) electrons. The summed E-state index contributed by atoms with van der Waals surface area (Å²) in [6.07, 6.45) is 0. The Bertz CT molecular complexity index is 506. The predicted molar refractivity (Wildman–Crippen MR) is 70.0 cm³/mol. The van der Waals surface area contributed by atoms with Crippen LogP contribution in [0.2, 0.25) is 0 Å². The fourth-order valence-electron chi connectivity index (χ4n) is 1.40. The Kier molecular flexibility index (Phi) is 3.41. The van der Waals surface area contributed by atoms with Crippen molar-refractivity contribution in [1.82, 2.24) is 0 Å². The van der Waals surface area contributed by atoms with Gasteiger partial charge in [0, 0.05) is 15.5 Å². The van der Waals surface area contributed by atoms with Crippen LogP contribution in [0, 0.1) is 6.92 Å². The Morgan fingerprint density at radius 3 is 2.81 bits per heavy atom. The van der Waals surface area contributed by atoms with Gasteiger partial charge in [0.05, 0.1) is 16.6 Å². The maximum Gasteiger partial charge on any atom is 0.0626 e. The Labute approximate surface area is 102 Å². The molecule has 0 amide bonds. The number of aryl methyl sites for hydroxylation is 1. The number of nitrogens with two attached hydrogens (primary N) is 1. The third-order valence-electron chi connectivity index (χ3n) is 2.36. The van der Waals surface area contributed by atoms with Gasteiger partial charge in [-0.15, -0.1) is 11.3 Å². The first-order valence-corrected chi connectivity index (χ1v) is 7.13. The Morgan fingerprint density at radius 2 is 2.19 bits per heavy atom. The predicted octanol–water partition coefficient (Wildman–Crippen LogP) is 2.95. The first kappa shape index (κ1) is 11.4. The summed E-state index contributed by atoms with van der Waals surface area (Å²) in [5.41, 5.74) is 7.46. The van der Waals surface area contributed by atoms with Crippen LogP contribution in [-0.4, -0.2) is 4.21 Å². The zero-order valence-corrected chi connectivity index (χ0v) is 10.6. The van der Waals surface area contributed by atoms with Crippen molar-refractivity contribution >= 4 is 27.8 Å². The van der Waals surface area contributed by atoms with E-state index in [1.807, 2.05) is 42.6 Å². The van der Waals surface area contributed by atoms with E-state index in [0.717, 1.165) is 21.0 Å². The van der Waals surface area contributed by atoms with E-state index in [9.17, 15) is 4.21 Å². The third-order valence-corrected chi connectivity index (χ3v) is 4.77. The molecule has 1 unspecified atom stereocenters. The molecule has 4 heteroatoms. The van der Waals surface area contributed by atoms with E-state index in [1.165, 1.54) is 0 Å². The molecule has 1 aromatic heterocycles. The smallest absolute Gasteiger partial charge is 0.0626 e. The SMILES string of the molecule is Cc1cc(S(=O)Cc2cccs2)ccc1N. The highest BCUT2D eigenvalue weighted by molar-refractivity contribution is 7.84. The van der Waals surface area contributed by atoms with Gasteiger partial charge in [-0.1, -0.05) is 6.07 Å². The van der Waals surface area contributed by atoms with Crippen LogP contribution < -0.4 is 5.73 Å². The van der Waals surface area contributed by atoms with Crippen LogP contribution in [0.4, 0.5) is 5.69 Å². The van der Waals surface area contributed by atoms with Gasteiger partial charge < -0.3 is 5.73 Å². The molecule has 2 aromatic rings. The Morgan fingerprint density at radius 1 is 1.38 bits per heavy atom. The zero-order valence-electron chi connectivity index (χ0n) is 8.97. The fraction of sp³-hybridized carbons (Fsp3) is 0.167. The molecule has 0 aliphatic rings. The molecular formula is C12H13NOS2. The fourth-order valence-corrected chi connectivity index (χ4v) is 3.53. The van der Waals surface area contributed by atoms with E-state index in [-0.39, 0.29) is 0 Å². The summed E-state index contributed by atoms with van der Waals surface area (Å²) in [4.78, 5) is 1.99. The first-order valence-electron chi connectivity index (χ1n) is 4.93. The summed E-state index contributed by atoms with van der Waals surface area (Å²) < 4.78 is 12.1. The van der Waals surface area contributed by atoms with Gasteiger partial charge in [-0.05, 0) is 42.1 Å². The summed E-state index contributed by atoms with van der Waals surface area (Å²) in [6, 6.07) is 9.54. The summed E-state index contributed by atoms with van der Waals surface area (Å²) in [7, 11) is -0.976. The number of benzene rings is 1. The van der Waals surface area contributed by atoms with Crippen LogP contribution in [0.25, 0.3) is 0 Å². The molecule has 0 bridgehead atoms. The van der Waals surface area contributed by atoms with E-state index in [0.29, 0.717) is 5.75 Å². The highest BCUT2D eigenvalue weighted by atomic mass is 32.2. The first-order chi connectivity index (χ1) is 7.66. The molecule has 1 atom stereocenters. The number of anilines is 1. The summed E-state index contributed by atoms with van der Waals surface area (Å²) in [5, 5.41) is 2.00. The maximum atomic E-state index is 12.1. The second kappa shape index (κ2) is 4.80. The molecule has 0 aliphatic heterocycles. The minimum Gasteiger partial charge on any atom is -0.399 e. The minimum absolute atomic E-state index is 0.584. The normalized spacial score (nSPS) is 12.6. The number of thiophene rings is 1. The number of hydrogen-bond donors (Lipinski definition) is 1. The third kappa shape index (κ3) is 2.51. The van der Waals surface area contributed by atoms with Crippen LogP contribution in [0.5, 0.6) is 0 Å². The monoisotopic (exact) mass is 251 g/mol. The van der Waals surface area contributed by atoms with Crippen molar-refractivity contribution in [2.45, 2.75) is 17.6 Å². The average Bonchev–Trinajstić information content (AvgIpc) is 2.74. The molecule has 0 spiro atoms. The number of nitrogen functional groups attached to an aromatic ring is 1. The van der Waals surface area contributed by atoms with Crippen molar-refractivity contribution < 1.29 is 4.21 Å². The van der Waals surface area contributed by atoms with Gasteiger partial charge in [0.2, 0.25) is 0 Å². The van der Waals surface area contributed by atoms with Crippen LogP contribution in [0.1, 0.15) is 10.4 Å². The molecule has 0 saturated carbocycles. The molecule has 84 valence electrons. The number of rotatable bonds is 3. The molecule has 0 fully saturated rings. The molecule has 2 nitrogen and oxygen atoms in total. The van der Waals surface area contributed by atoms with E-state index < -0.39 is 10.8 Å². The van der Waals surface area contributed by atoms with E-state index in [2.05, 4.69) is 0 Å². The van der Waals surface area contributed by atoms with Crippen molar-refractivity contribution in [3.8, 4) is 0 Å². The van der Waals surface area contributed by atoms with Gasteiger partial charge >= 0.3 is 0 Å². The highest BCUT2D eigenvalue weighted by Gasteiger charge is 2.07. The van der Waals surface area contributed by atoms with Crippen LogP contribution in [0.15, 0.2) is 40.6 Å². The molecule has 1 heterocycles. The molecule has 2 N–H and O–H groups in total. The second-order valence-corrected chi connectivity index (χ2v) is 6.07. The van der Waals surface area contributed by atoms with Crippen molar-refractivity contribution in [2.24, 2.45) is 0 Å². The second-order valence-electron chi connectivity index (χ2n) is 3.59. The summed E-state index contributed by atoms with van der Waals surface area (Å²) >= 11 is 1.64. The molecule has 1 aromatic carbocycles. The van der Waals surface area contributed by atoms with Crippen LogP contribution in [0.3, 0.4) is 0 Å². The maximum absolute atomic E-state index is 12.1. The lowest BCUT2D eigenvalue weighted by molar-refractivity contribution is 0.683.